The second-order valence-corrected chi connectivity index (χ2v) is 4.11. The molecule has 0 N–H and O–H groups in total. The Balaban J connectivity index is 3.32. The first kappa shape index (κ1) is 11.1. The Morgan fingerprint density at radius 2 is 1.91 bits per heavy atom. The van der Waals surface area contributed by atoms with Crippen molar-refractivity contribution in [1.82, 2.24) is 0 Å². The molecule has 0 spiro atoms. The van der Waals surface area contributed by atoms with E-state index in [1.54, 1.807) is 0 Å². The van der Waals surface area contributed by atoms with Crippen LogP contribution in [0.15, 0.2) is 0 Å². The van der Waals surface area contributed by atoms with Crippen molar-refractivity contribution in [2.24, 2.45) is 0 Å². The van der Waals surface area contributed by atoms with Crippen molar-refractivity contribution in [3.63, 3.8) is 0 Å². The van der Waals surface area contributed by atoms with Crippen LogP contribution in [0.1, 0.15) is 39.0 Å². The Hall–Kier alpha value is 0.0700. The van der Waals surface area contributed by atoms with Gasteiger partial charge in [-0.3, -0.25) is 0 Å². The van der Waals surface area contributed by atoms with Gasteiger partial charge in [0.1, 0.15) is 6.07 Å². The van der Waals surface area contributed by atoms with Crippen LogP contribution < -0.4 is 0 Å². The topological polar surface area (TPSA) is 23.8 Å². The zero-order valence-corrected chi connectivity index (χ0v) is 8.25. The molecule has 3 heteroatoms. The van der Waals surface area contributed by atoms with E-state index in [0.717, 1.165) is 12.8 Å². The number of alkyl halides is 2. The second kappa shape index (κ2) is 5.69. The molecule has 0 saturated heterocycles. The highest BCUT2D eigenvalue weighted by molar-refractivity contribution is 6.50. The summed E-state index contributed by atoms with van der Waals surface area (Å²) in [4.78, 5) is 0. The van der Waals surface area contributed by atoms with Gasteiger partial charge in [-0.1, -0.05) is 49.4 Å². The number of nitrogens with zero attached hydrogens (tertiary/aromatic N) is 1. The van der Waals surface area contributed by atoms with Crippen LogP contribution in [-0.2, 0) is 0 Å². The molecule has 0 aromatic carbocycles. The summed E-state index contributed by atoms with van der Waals surface area (Å²) in [6.07, 6.45) is 5.00. The van der Waals surface area contributed by atoms with E-state index in [0.29, 0.717) is 6.42 Å². The molecular weight excluding hydrogens is 181 g/mol. The Bertz CT molecular complexity index is 138. The highest BCUT2D eigenvalue weighted by Gasteiger charge is 2.21. The van der Waals surface area contributed by atoms with Crippen molar-refractivity contribution in [2.75, 3.05) is 0 Å². The minimum absolute atomic E-state index is 0.576. The Labute approximate surface area is 78.3 Å². The van der Waals surface area contributed by atoms with Gasteiger partial charge in [-0.05, 0) is 12.8 Å². The molecule has 0 heterocycles. The van der Waals surface area contributed by atoms with Crippen LogP contribution in [0.2, 0.25) is 0 Å². The average Bonchev–Trinajstić information content (AvgIpc) is 1.99. The number of hydrogen-bond acceptors (Lipinski definition) is 1. The van der Waals surface area contributed by atoms with Gasteiger partial charge in [0.2, 0.25) is 4.33 Å². The number of hydrogen-bond donors (Lipinski definition) is 0. The van der Waals surface area contributed by atoms with Crippen molar-refractivity contribution < 1.29 is 0 Å². The molecule has 0 amide bonds. The van der Waals surface area contributed by atoms with E-state index < -0.39 is 4.33 Å². The first-order valence-corrected chi connectivity index (χ1v) is 4.67. The second-order valence-electron chi connectivity index (χ2n) is 2.63. The van der Waals surface area contributed by atoms with Crippen LogP contribution >= 0.6 is 23.2 Å². The van der Waals surface area contributed by atoms with E-state index in [9.17, 15) is 0 Å². The van der Waals surface area contributed by atoms with Crippen molar-refractivity contribution in [1.29, 1.82) is 5.26 Å². The van der Waals surface area contributed by atoms with Crippen molar-refractivity contribution in [3.05, 3.63) is 0 Å². The fraction of sp³-hybridized carbons (Fsp3) is 0.875. The van der Waals surface area contributed by atoms with E-state index in [4.69, 9.17) is 28.5 Å². The lowest BCUT2D eigenvalue weighted by Crippen LogP contribution is -2.07. The van der Waals surface area contributed by atoms with Gasteiger partial charge in [0.05, 0.1) is 0 Å². The van der Waals surface area contributed by atoms with Gasteiger partial charge < -0.3 is 0 Å². The van der Waals surface area contributed by atoms with E-state index >= 15 is 0 Å². The largest absolute Gasteiger partial charge is 0.203 e. The molecule has 0 aliphatic heterocycles. The van der Waals surface area contributed by atoms with Gasteiger partial charge in [-0.15, -0.1) is 0 Å². The Morgan fingerprint density at radius 3 is 2.36 bits per heavy atom. The minimum Gasteiger partial charge on any atom is -0.195 e. The fourth-order valence-corrected chi connectivity index (χ4v) is 1.10. The molecule has 0 fully saturated rings. The quantitative estimate of drug-likeness (QED) is 0.484. The summed E-state index contributed by atoms with van der Waals surface area (Å²) >= 11 is 11.2. The third-order valence-corrected chi connectivity index (χ3v) is 2.05. The van der Waals surface area contributed by atoms with Crippen molar-refractivity contribution in [3.8, 4) is 6.07 Å². The number of rotatable bonds is 5. The summed E-state index contributed by atoms with van der Waals surface area (Å²) in [6, 6.07) is 1.85. The number of unbranched alkanes of at least 4 members (excludes halogenated alkanes) is 3. The molecule has 0 saturated carbocycles. The molecule has 0 unspecified atom stereocenters. The zero-order chi connectivity index (χ0) is 8.74. The van der Waals surface area contributed by atoms with Gasteiger partial charge in [0.25, 0.3) is 0 Å². The van der Waals surface area contributed by atoms with Gasteiger partial charge in [0.15, 0.2) is 0 Å². The van der Waals surface area contributed by atoms with Crippen molar-refractivity contribution in [2.45, 2.75) is 43.4 Å². The van der Waals surface area contributed by atoms with Crippen LogP contribution in [0.4, 0.5) is 0 Å². The highest BCUT2D eigenvalue weighted by atomic mass is 35.5. The molecule has 0 rings (SSSR count). The SMILES string of the molecule is CCCCCCC(Cl)(Cl)C#N. The summed E-state index contributed by atoms with van der Waals surface area (Å²) in [5, 5.41) is 8.44. The molecule has 1 nitrogen and oxygen atoms in total. The van der Waals surface area contributed by atoms with Crippen LogP contribution in [0.25, 0.3) is 0 Å². The van der Waals surface area contributed by atoms with E-state index in [1.807, 2.05) is 6.07 Å². The summed E-state index contributed by atoms with van der Waals surface area (Å²) in [5.74, 6) is 0. The molecular formula is C8H13Cl2N. The monoisotopic (exact) mass is 193 g/mol. The lowest BCUT2D eigenvalue weighted by atomic mass is 10.1. The summed E-state index contributed by atoms with van der Waals surface area (Å²) in [5.41, 5.74) is 0. The van der Waals surface area contributed by atoms with Gasteiger partial charge in [0, 0.05) is 0 Å². The molecule has 11 heavy (non-hydrogen) atoms. The Kier molecular flexibility index (Phi) is 5.72. The maximum Gasteiger partial charge on any atom is 0.203 e. The minimum atomic E-state index is -1.16. The molecule has 0 bridgehead atoms. The van der Waals surface area contributed by atoms with Gasteiger partial charge in [-0.2, -0.15) is 5.26 Å². The summed E-state index contributed by atoms with van der Waals surface area (Å²) in [6.45, 7) is 2.14. The van der Waals surface area contributed by atoms with Crippen LogP contribution in [-0.4, -0.2) is 4.33 Å². The number of nitriles is 1. The molecule has 0 aliphatic rings. The number of halogens is 2. The molecule has 0 aromatic heterocycles. The van der Waals surface area contributed by atoms with E-state index in [1.165, 1.54) is 12.8 Å². The first-order chi connectivity index (χ1) is 5.12. The van der Waals surface area contributed by atoms with E-state index in [2.05, 4.69) is 6.92 Å². The highest BCUT2D eigenvalue weighted by Crippen LogP contribution is 2.26. The molecule has 0 atom stereocenters. The van der Waals surface area contributed by atoms with E-state index in [-0.39, 0.29) is 0 Å². The molecule has 0 radical (unpaired) electrons. The lowest BCUT2D eigenvalue weighted by molar-refractivity contribution is 0.628. The van der Waals surface area contributed by atoms with Crippen LogP contribution in [0.3, 0.4) is 0 Å². The maximum atomic E-state index is 8.44. The Morgan fingerprint density at radius 1 is 1.27 bits per heavy atom. The van der Waals surface area contributed by atoms with Crippen molar-refractivity contribution >= 4 is 23.2 Å². The standard InChI is InChI=1S/C8H13Cl2N/c1-2-3-4-5-6-8(9,10)7-11/h2-6H2,1H3. The third-order valence-electron chi connectivity index (χ3n) is 1.51. The fourth-order valence-electron chi connectivity index (χ4n) is 0.830. The molecule has 64 valence electrons. The van der Waals surface area contributed by atoms with Crippen LogP contribution in [0, 0.1) is 11.3 Å². The summed E-state index contributed by atoms with van der Waals surface area (Å²) < 4.78 is -1.16. The normalized spacial score (nSPS) is 11.1. The van der Waals surface area contributed by atoms with Gasteiger partial charge in [-0.25, -0.2) is 0 Å². The van der Waals surface area contributed by atoms with Gasteiger partial charge >= 0.3 is 0 Å². The zero-order valence-electron chi connectivity index (χ0n) is 6.74. The molecule has 0 aromatic rings. The van der Waals surface area contributed by atoms with Crippen LogP contribution in [0.5, 0.6) is 0 Å². The third kappa shape index (κ3) is 6.47. The average molecular weight is 194 g/mol. The predicted octanol–water partition coefficient (Wildman–Crippen LogP) is 3.65. The molecule has 0 aliphatic carbocycles. The predicted molar refractivity (Wildman–Crippen MR) is 48.8 cm³/mol. The summed E-state index contributed by atoms with van der Waals surface area (Å²) in [7, 11) is 0. The maximum absolute atomic E-state index is 8.44. The first-order valence-electron chi connectivity index (χ1n) is 3.91. The lowest BCUT2D eigenvalue weighted by Gasteiger charge is -2.08. The smallest absolute Gasteiger partial charge is 0.195 e.